The van der Waals surface area contributed by atoms with E-state index in [0.29, 0.717) is 11.9 Å². The molecule has 0 aliphatic heterocycles. The van der Waals surface area contributed by atoms with Gasteiger partial charge in [0.25, 0.3) is 12.9 Å². The summed E-state index contributed by atoms with van der Waals surface area (Å²) in [5, 5.41) is 13.8. The Morgan fingerprint density at radius 3 is 1.97 bits per heavy atom. The molecule has 170 valence electrons. The van der Waals surface area contributed by atoms with Crippen LogP contribution in [0.4, 0.5) is 0 Å². The molecular weight excluding hydrogens is 400 g/mol. The Hall–Kier alpha value is -2.78. The molecule has 0 aromatic carbocycles. The Labute approximate surface area is 182 Å². The third-order valence-corrected chi connectivity index (χ3v) is 6.20. The summed E-state index contributed by atoms with van der Waals surface area (Å²) >= 11 is 0. The summed E-state index contributed by atoms with van der Waals surface area (Å²) in [4.78, 5) is 30.5. The molecule has 0 saturated heterocycles. The topological polar surface area (TPSA) is 120 Å². The first-order valence-corrected chi connectivity index (χ1v) is 10.3. The smallest absolute Gasteiger partial charge is 0.290 e. The predicted octanol–water partition coefficient (Wildman–Crippen LogP) is 2.69. The quantitative estimate of drug-likeness (QED) is 0.687. The van der Waals surface area contributed by atoms with E-state index >= 15 is 0 Å². The second-order valence-electron chi connectivity index (χ2n) is 8.25. The number of carbonyl (C=O) groups is 2. The summed E-state index contributed by atoms with van der Waals surface area (Å²) in [5.74, 6) is 3.20. The van der Waals surface area contributed by atoms with Gasteiger partial charge in [0, 0.05) is 36.6 Å². The zero-order valence-electron chi connectivity index (χ0n) is 18.3. The lowest BCUT2D eigenvalue weighted by Crippen LogP contribution is -2.31. The first-order chi connectivity index (χ1) is 14.9. The van der Waals surface area contributed by atoms with Crippen molar-refractivity contribution >= 4 is 12.9 Å². The van der Waals surface area contributed by atoms with Crippen molar-refractivity contribution in [2.24, 2.45) is 11.8 Å². The van der Waals surface area contributed by atoms with Crippen molar-refractivity contribution in [1.29, 1.82) is 0 Å². The van der Waals surface area contributed by atoms with Crippen molar-refractivity contribution in [3.05, 3.63) is 36.4 Å². The number of furan rings is 1. The van der Waals surface area contributed by atoms with Gasteiger partial charge < -0.3 is 19.5 Å². The maximum atomic E-state index is 8.36. The third-order valence-electron chi connectivity index (χ3n) is 6.20. The summed E-state index contributed by atoms with van der Waals surface area (Å²) in [6.07, 6.45) is 11.0. The molecule has 4 rings (SSSR count). The van der Waals surface area contributed by atoms with Gasteiger partial charge in [0.1, 0.15) is 0 Å². The molecule has 0 bridgehead atoms. The largest absolute Gasteiger partial charge is 0.483 e. The van der Waals surface area contributed by atoms with E-state index in [1.54, 1.807) is 6.26 Å². The minimum absolute atomic E-state index is 0.250. The van der Waals surface area contributed by atoms with E-state index in [-0.39, 0.29) is 12.9 Å². The lowest BCUT2D eigenvalue weighted by atomic mass is 10.0. The van der Waals surface area contributed by atoms with Crippen molar-refractivity contribution in [2.75, 3.05) is 21.1 Å². The molecule has 0 radical (unpaired) electrons. The number of nitrogens with zero attached hydrogens (tertiary/aromatic N) is 4. The van der Waals surface area contributed by atoms with Gasteiger partial charge in [-0.2, -0.15) is 0 Å². The lowest BCUT2D eigenvalue weighted by molar-refractivity contribution is -0.123. The zero-order chi connectivity index (χ0) is 22.8. The molecule has 2 aliphatic carbocycles. The zero-order valence-corrected chi connectivity index (χ0v) is 18.3. The summed E-state index contributed by atoms with van der Waals surface area (Å²) in [6.45, 7) is 0.416. The SMILES string of the molecule is CN(C)C1C[C@@H]2CC(N(C)Cc3cnc(-c4ccco4)nc3)C[C@@H]2C1.O=CO.O=CO. The van der Waals surface area contributed by atoms with Crippen LogP contribution in [-0.4, -0.2) is 76.2 Å². The summed E-state index contributed by atoms with van der Waals surface area (Å²) in [7, 11) is 6.69. The summed E-state index contributed by atoms with van der Waals surface area (Å²) in [6, 6.07) is 5.24. The van der Waals surface area contributed by atoms with Crippen LogP contribution in [0.3, 0.4) is 0 Å². The monoisotopic (exact) mass is 432 g/mol. The lowest BCUT2D eigenvalue weighted by Gasteiger charge is -2.26. The van der Waals surface area contributed by atoms with Crippen LogP contribution < -0.4 is 0 Å². The standard InChI is InChI=1S/C20H28N4O.2CH2O2/c1-23(2)17-7-15-9-18(10-16(15)8-17)24(3)13-14-11-21-20(22-12-14)19-5-4-6-25-19;2*2-1-3/h4-6,11-12,15-18H,7-10,13H2,1-3H3;2*1H,(H,2,3)/t15-,16+,17?,18?;;. The fourth-order valence-electron chi connectivity index (χ4n) is 4.72. The van der Waals surface area contributed by atoms with Gasteiger partial charge in [0.05, 0.1) is 6.26 Å². The van der Waals surface area contributed by atoms with Crippen molar-refractivity contribution in [3.63, 3.8) is 0 Å². The van der Waals surface area contributed by atoms with Crippen LogP contribution in [0.25, 0.3) is 11.6 Å². The van der Waals surface area contributed by atoms with E-state index in [0.717, 1.165) is 30.2 Å². The molecule has 9 heteroatoms. The van der Waals surface area contributed by atoms with Crippen LogP contribution in [0.1, 0.15) is 31.2 Å². The fourth-order valence-corrected chi connectivity index (χ4v) is 4.72. The van der Waals surface area contributed by atoms with Gasteiger partial charge in [-0.05, 0) is 70.8 Å². The molecule has 2 unspecified atom stereocenters. The van der Waals surface area contributed by atoms with E-state index in [2.05, 4.69) is 40.9 Å². The van der Waals surface area contributed by atoms with Gasteiger partial charge in [-0.1, -0.05) is 0 Å². The van der Waals surface area contributed by atoms with Crippen molar-refractivity contribution in [2.45, 2.75) is 44.3 Å². The first-order valence-electron chi connectivity index (χ1n) is 10.3. The van der Waals surface area contributed by atoms with Crippen LogP contribution in [0.5, 0.6) is 0 Å². The maximum absolute atomic E-state index is 8.36. The van der Waals surface area contributed by atoms with Gasteiger partial charge in [-0.25, -0.2) is 9.97 Å². The molecule has 2 saturated carbocycles. The molecule has 9 nitrogen and oxygen atoms in total. The first kappa shape index (κ1) is 24.5. The van der Waals surface area contributed by atoms with E-state index in [1.165, 1.54) is 31.2 Å². The highest BCUT2D eigenvalue weighted by atomic mass is 16.3. The van der Waals surface area contributed by atoms with Crippen molar-refractivity contribution in [3.8, 4) is 11.6 Å². The Bertz CT molecular complexity index is 762. The molecule has 31 heavy (non-hydrogen) atoms. The molecule has 2 heterocycles. The van der Waals surface area contributed by atoms with Gasteiger partial charge in [0.15, 0.2) is 11.6 Å². The number of aromatic nitrogens is 2. The molecule has 2 aliphatic rings. The molecule has 0 spiro atoms. The Morgan fingerprint density at radius 2 is 1.52 bits per heavy atom. The molecule has 2 N–H and O–H groups in total. The van der Waals surface area contributed by atoms with E-state index in [9.17, 15) is 0 Å². The van der Waals surface area contributed by atoms with Crippen LogP contribution in [0.2, 0.25) is 0 Å². The van der Waals surface area contributed by atoms with Crippen LogP contribution in [-0.2, 0) is 16.1 Å². The normalized spacial score (nSPS) is 24.0. The van der Waals surface area contributed by atoms with Crippen molar-refractivity contribution < 1.29 is 24.2 Å². The van der Waals surface area contributed by atoms with Crippen molar-refractivity contribution in [1.82, 2.24) is 19.8 Å². The van der Waals surface area contributed by atoms with E-state index in [1.807, 2.05) is 24.5 Å². The molecule has 2 aromatic heterocycles. The number of carboxylic acid groups (broad SMARTS) is 2. The third kappa shape index (κ3) is 6.86. The second-order valence-corrected chi connectivity index (χ2v) is 8.25. The van der Waals surface area contributed by atoms with Crippen LogP contribution >= 0.6 is 0 Å². The number of hydrogen-bond acceptors (Lipinski definition) is 7. The molecule has 2 aromatic rings. The Morgan fingerprint density at radius 1 is 1.00 bits per heavy atom. The number of hydrogen-bond donors (Lipinski definition) is 2. The average Bonchev–Trinajstić information content (AvgIpc) is 3.46. The van der Waals surface area contributed by atoms with E-state index < -0.39 is 0 Å². The van der Waals surface area contributed by atoms with Gasteiger partial charge in [-0.3, -0.25) is 14.5 Å². The molecule has 0 amide bonds. The average molecular weight is 433 g/mol. The van der Waals surface area contributed by atoms with Crippen LogP contribution in [0, 0.1) is 11.8 Å². The predicted molar refractivity (Wildman–Crippen MR) is 115 cm³/mol. The summed E-state index contributed by atoms with van der Waals surface area (Å²) in [5.41, 5.74) is 1.17. The number of rotatable bonds is 5. The molecule has 2 fully saturated rings. The molecular formula is C22H32N4O5. The molecule has 4 atom stereocenters. The highest BCUT2D eigenvalue weighted by Crippen LogP contribution is 2.46. The van der Waals surface area contributed by atoms with Gasteiger partial charge >= 0.3 is 0 Å². The minimum Gasteiger partial charge on any atom is -0.483 e. The van der Waals surface area contributed by atoms with Crippen LogP contribution in [0.15, 0.2) is 35.2 Å². The Balaban J connectivity index is 0.000000513. The van der Waals surface area contributed by atoms with Gasteiger partial charge in [-0.15, -0.1) is 0 Å². The maximum Gasteiger partial charge on any atom is 0.290 e. The van der Waals surface area contributed by atoms with Gasteiger partial charge in [0.2, 0.25) is 0 Å². The minimum atomic E-state index is -0.250. The summed E-state index contributed by atoms with van der Waals surface area (Å²) < 4.78 is 5.35. The second kappa shape index (κ2) is 12.2. The highest BCUT2D eigenvalue weighted by molar-refractivity contribution is 5.45. The van der Waals surface area contributed by atoms with E-state index in [4.69, 9.17) is 24.2 Å². The Kier molecular flexibility index (Phi) is 9.61. The fraction of sp³-hybridized carbons (Fsp3) is 0.545. The number of fused-ring (bicyclic) bond motifs is 1. The highest BCUT2D eigenvalue weighted by Gasteiger charge is 2.43.